The summed E-state index contributed by atoms with van der Waals surface area (Å²) in [7, 11) is 0. The number of fused-ring (bicyclic) bond motifs is 2. The molecule has 2 fully saturated rings. The van der Waals surface area contributed by atoms with Crippen molar-refractivity contribution in [2.24, 2.45) is 22.3 Å². The number of hydrogen-bond donors (Lipinski definition) is 3. The first-order chi connectivity index (χ1) is 32.6. The number of carboxylic acids is 1. The van der Waals surface area contributed by atoms with Gasteiger partial charge in [0, 0.05) is 49.4 Å². The fraction of sp³-hybridized carbons (Fsp3) is 0.346. The fourth-order valence-corrected chi connectivity index (χ4v) is 11.5. The number of benzene rings is 4. The highest BCUT2D eigenvalue weighted by Crippen LogP contribution is 2.52. The Balaban J connectivity index is 0.000000170. The van der Waals surface area contributed by atoms with E-state index in [4.69, 9.17) is 72.6 Å². The Kier molecular flexibility index (Phi) is 13.5. The summed E-state index contributed by atoms with van der Waals surface area (Å²) in [5.74, 6) is -0.690. The Labute approximate surface area is 416 Å². The predicted octanol–water partition coefficient (Wildman–Crippen LogP) is 11.1. The first-order valence-corrected chi connectivity index (χ1v) is 24.4. The van der Waals surface area contributed by atoms with Crippen LogP contribution in [0.4, 0.5) is 11.6 Å². The molecular formula is C52H52Cl4N8O4. The van der Waals surface area contributed by atoms with Crippen LogP contribution in [0.2, 0.25) is 20.1 Å². The molecule has 6 aromatic rings. The molecule has 0 amide bonds. The first kappa shape index (κ1) is 47.7. The second kappa shape index (κ2) is 19.2. The van der Waals surface area contributed by atoms with E-state index >= 15 is 0 Å². The number of esters is 1. The molecule has 0 radical (unpaired) electrons. The number of aromatic carboxylic acids is 1. The van der Waals surface area contributed by atoms with E-state index in [-0.39, 0.29) is 40.9 Å². The minimum atomic E-state index is -1.12. The van der Waals surface area contributed by atoms with Crippen LogP contribution in [-0.4, -0.2) is 69.8 Å². The van der Waals surface area contributed by atoms with Crippen molar-refractivity contribution < 1.29 is 19.4 Å². The number of nitrogens with zero attached hydrogens (tertiary/aromatic N) is 6. The zero-order valence-corrected chi connectivity index (χ0v) is 41.1. The van der Waals surface area contributed by atoms with Gasteiger partial charge in [0.05, 0.1) is 49.5 Å². The lowest BCUT2D eigenvalue weighted by Gasteiger charge is -2.42. The highest BCUT2D eigenvalue weighted by molar-refractivity contribution is 6.44. The molecule has 2 spiro atoms. The minimum Gasteiger partial charge on any atom is -0.476 e. The molecule has 0 bridgehead atoms. The molecule has 5 N–H and O–H groups in total. The molecule has 0 saturated carbocycles. The summed E-state index contributed by atoms with van der Waals surface area (Å²) in [6.07, 6.45) is 5.50. The maximum atomic E-state index is 13.0. The van der Waals surface area contributed by atoms with Gasteiger partial charge in [-0.1, -0.05) is 119 Å². The standard InChI is InChI=1S/C27H28Cl2N4O2.C25H24Cl2N4O2/c1-3-35-26(34)23-25(31-16(2)22(32-23)19-9-6-10-20(28)21(19)29)33-13-11-27(12-14-33)15-17-7-4-5-8-18(17)24(27)30;1-14-20(17-7-4-8-18(26)19(17)27)30-21(24(32)33)23(29-14)31-11-9-25(10-12-31)13-15-5-2-3-6-16(15)22(25)28/h4-10,24H,3,11-15,30H2,1-2H3;2-8,22H,9-13,28H2,1H3,(H,32,33)/t24-;22-/m11/s1. The molecule has 4 aliphatic rings. The maximum Gasteiger partial charge on any atom is 0.360 e. The van der Waals surface area contributed by atoms with Crippen LogP contribution < -0.4 is 21.3 Å². The van der Waals surface area contributed by atoms with Crippen LogP contribution in [0.15, 0.2) is 84.9 Å². The molecule has 2 aliphatic carbocycles. The van der Waals surface area contributed by atoms with E-state index < -0.39 is 11.9 Å². The second-order valence-corrected chi connectivity index (χ2v) is 19.9. The topological polar surface area (TPSA) is 174 Å². The van der Waals surface area contributed by atoms with Gasteiger partial charge in [0.15, 0.2) is 23.0 Å². The lowest BCUT2D eigenvalue weighted by molar-refractivity contribution is 0.0519. The molecule has 352 valence electrons. The van der Waals surface area contributed by atoms with Crippen LogP contribution in [0.5, 0.6) is 0 Å². The number of rotatable bonds is 7. The van der Waals surface area contributed by atoms with Crippen molar-refractivity contribution in [1.29, 1.82) is 0 Å². The van der Waals surface area contributed by atoms with Gasteiger partial charge in [-0.3, -0.25) is 0 Å². The smallest absolute Gasteiger partial charge is 0.360 e. The average Bonchev–Trinajstić information content (AvgIpc) is 3.76. The predicted molar refractivity (Wildman–Crippen MR) is 269 cm³/mol. The van der Waals surface area contributed by atoms with E-state index in [1.807, 2.05) is 30.9 Å². The summed E-state index contributed by atoms with van der Waals surface area (Å²) in [6, 6.07) is 27.4. The number of hydrogen-bond acceptors (Lipinski definition) is 11. The van der Waals surface area contributed by atoms with Crippen molar-refractivity contribution in [2.45, 2.75) is 71.4 Å². The fourth-order valence-electron chi connectivity index (χ4n) is 10.8. The molecule has 2 saturated heterocycles. The summed E-state index contributed by atoms with van der Waals surface area (Å²) in [5, 5.41) is 11.4. The number of halogens is 4. The van der Waals surface area contributed by atoms with Crippen LogP contribution in [0, 0.1) is 24.7 Å². The number of carboxylic acid groups (broad SMARTS) is 1. The van der Waals surface area contributed by atoms with Crippen molar-refractivity contribution in [1.82, 2.24) is 19.9 Å². The third kappa shape index (κ3) is 8.69. The SMILES string of the molecule is CCOC(=O)c1nc(-c2cccc(Cl)c2Cl)c(C)nc1N1CCC2(CC1)Cc1ccccc1[C@H]2N.Cc1nc(N2CCC3(CC2)Cc2ccccc2[C@H]3N)c(C(=O)O)nc1-c1cccc(Cl)c1Cl. The Morgan fingerprint density at radius 2 is 1.04 bits per heavy atom. The number of carbonyl (C=O) groups is 2. The second-order valence-electron chi connectivity index (χ2n) is 18.3. The molecule has 68 heavy (non-hydrogen) atoms. The lowest BCUT2D eigenvalue weighted by Crippen LogP contribution is -2.45. The van der Waals surface area contributed by atoms with Crippen molar-refractivity contribution in [2.75, 3.05) is 42.6 Å². The van der Waals surface area contributed by atoms with E-state index in [9.17, 15) is 14.7 Å². The van der Waals surface area contributed by atoms with Gasteiger partial charge in [0.25, 0.3) is 0 Å². The average molecular weight is 995 g/mol. The van der Waals surface area contributed by atoms with Gasteiger partial charge in [0.1, 0.15) is 0 Å². The van der Waals surface area contributed by atoms with Crippen LogP contribution in [0.3, 0.4) is 0 Å². The van der Waals surface area contributed by atoms with Crippen molar-refractivity contribution in [3.8, 4) is 22.5 Å². The highest BCUT2D eigenvalue weighted by Gasteiger charge is 2.48. The van der Waals surface area contributed by atoms with Crippen LogP contribution >= 0.6 is 46.4 Å². The molecule has 4 aromatic carbocycles. The molecular weight excluding hydrogens is 942 g/mol. The largest absolute Gasteiger partial charge is 0.476 e. The number of anilines is 2. The van der Waals surface area contributed by atoms with Crippen LogP contribution in [0.1, 0.15) is 99.3 Å². The van der Waals surface area contributed by atoms with E-state index in [1.54, 1.807) is 37.3 Å². The van der Waals surface area contributed by atoms with Crippen LogP contribution in [0.25, 0.3) is 22.5 Å². The molecule has 2 aromatic heterocycles. The number of nitrogens with two attached hydrogens (primary N) is 2. The van der Waals surface area contributed by atoms with Gasteiger partial charge in [-0.25, -0.2) is 29.5 Å². The summed E-state index contributed by atoms with van der Waals surface area (Å²) in [6.45, 7) is 8.52. The monoisotopic (exact) mass is 992 g/mol. The van der Waals surface area contributed by atoms with E-state index in [2.05, 4.69) is 57.3 Å². The summed E-state index contributed by atoms with van der Waals surface area (Å²) in [4.78, 5) is 48.0. The van der Waals surface area contributed by atoms with Gasteiger partial charge in [-0.15, -0.1) is 0 Å². The molecule has 4 heterocycles. The number of piperidine rings is 2. The lowest BCUT2D eigenvalue weighted by atomic mass is 9.73. The third-order valence-corrected chi connectivity index (χ3v) is 16.1. The number of aromatic nitrogens is 4. The third-order valence-electron chi connectivity index (χ3n) is 14.5. The Bertz CT molecular complexity index is 2940. The molecule has 10 rings (SSSR count). The number of aryl methyl sites for hydroxylation is 2. The zero-order chi connectivity index (χ0) is 48.1. The Morgan fingerprint density at radius 1 is 0.632 bits per heavy atom. The zero-order valence-electron chi connectivity index (χ0n) is 38.0. The van der Waals surface area contributed by atoms with E-state index in [1.165, 1.54) is 22.3 Å². The maximum absolute atomic E-state index is 13.0. The van der Waals surface area contributed by atoms with Gasteiger partial charge in [0.2, 0.25) is 0 Å². The highest BCUT2D eigenvalue weighted by atomic mass is 35.5. The quantitative estimate of drug-likeness (QED) is 0.129. The summed E-state index contributed by atoms with van der Waals surface area (Å²) >= 11 is 25.2. The van der Waals surface area contributed by atoms with Crippen molar-refractivity contribution >= 4 is 70.0 Å². The van der Waals surface area contributed by atoms with Crippen molar-refractivity contribution in [3.63, 3.8) is 0 Å². The molecule has 16 heteroatoms. The molecule has 0 unspecified atom stereocenters. The number of ether oxygens (including phenoxy) is 1. The van der Waals surface area contributed by atoms with E-state index in [0.29, 0.717) is 78.7 Å². The molecule has 2 atom stereocenters. The Morgan fingerprint density at radius 3 is 1.46 bits per heavy atom. The number of carbonyl (C=O) groups excluding carboxylic acids is 1. The normalized spacial score (nSPS) is 18.8. The van der Waals surface area contributed by atoms with Gasteiger partial charge in [-0.2, -0.15) is 0 Å². The van der Waals surface area contributed by atoms with Gasteiger partial charge in [-0.05, 0) is 105 Å². The molecule has 2 aliphatic heterocycles. The van der Waals surface area contributed by atoms with E-state index in [0.717, 1.165) is 51.6 Å². The van der Waals surface area contributed by atoms with Crippen molar-refractivity contribution in [3.05, 3.63) is 150 Å². The van der Waals surface area contributed by atoms with Crippen LogP contribution in [-0.2, 0) is 17.6 Å². The van der Waals surface area contributed by atoms with Gasteiger partial charge >= 0.3 is 11.9 Å². The van der Waals surface area contributed by atoms with Gasteiger partial charge < -0.3 is 31.1 Å². The Hall–Kier alpha value is -5.34. The summed E-state index contributed by atoms with van der Waals surface area (Å²) in [5.41, 5.74) is 22.1. The minimum absolute atomic E-state index is 0.000298. The summed E-state index contributed by atoms with van der Waals surface area (Å²) < 4.78 is 5.35. The first-order valence-electron chi connectivity index (χ1n) is 22.9. The molecule has 12 nitrogen and oxygen atoms in total.